The number of rotatable bonds is 4. The molecule has 0 heterocycles. The van der Waals surface area contributed by atoms with E-state index in [1.54, 1.807) is 48.5 Å². The van der Waals surface area contributed by atoms with Gasteiger partial charge in [-0.05, 0) is 0 Å². The maximum Gasteiger partial charge on any atom is 2.00 e. The fourth-order valence-electron chi connectivity index (χ4n) is 1.60. The van der Waals surface area contributed by atoms with Crippen LogP contribution in [0.3, 0.4) is 0 Å². The first-order valence-electron chi connectivity index (χ1n) is 5.44. The van der Waals surface area contributed by atoms with Gasteiger partial charge in [0.25, 0.3) is 0 Å². The predicted octanol–water partition coefficient (Wildman–Crippen LogP) is 2.99. The summed E-state index contributed by atoms with van der Waals surface area (Å²) in [6, 6.07) is 17.7. The maximum atomic E-state index is 11.8. The molecule has 3 heteroatoms. The van der Waals surface area contributed by atoms with Crippen LogP contribution in [0.1, 0.15) is 30.0 Å². The summed E-state index contributed by atoms with van der Waals surface area (Å²) in [6.45, 7) is 0. The molecule has 0 aliphatic carbocycles. The van der Waals surface area contributed by atoms with Gasteiger partial charge in [-0.25, -0.2) is 0 Å². The Hall–Kier alpha value is -0.739. The van der Waals surface area contributed by atoms with E-state index >= 15 is 0 Å². The molecule has 0 aromatic heterocycles. The fourth-order valence-corrected chi connectivity index (χ4v) is 1.60. The largest absolute Gasteiger partial charge is 2.00 e. The van der Waals surface area contributed by atoms with Crippen molar-refractivity contribution >= 4 is 57.0 Å². The van der Waals surface area contributed by atoms with E-state index in [1.807, 2.05) is 12.1 Å². The molecule has 0 fully saturated rings. The van der Waals surface area contributed by atoms with Gasteiger partial charge in [0.15, 0.2) is 11.6 Å². The average molecular weight is 314 g/mol. The third kappa shape index (κ3) is 4.18. The first kappa shape index (κ1) is 15.3. The number of hydrogen-bond donors (Lipinski definition) is 0. The van der Waals surface area contributed by atoms with Gasteiger partial charge in [-0.2, -0.15) is 0 Å². The third-order valence-electron chi connectivity index (χ3n) is 2.51. The molecular weight excluding hydrogens is 300 g/mol. The van der Waals surface area contributed by atoms with Crippen LogP contribution in [0.4, 0.5) is 0 Å². The van der Waals surface area contributed by atoms with Gasteiger partial charge in [0.2, 0.25) is 0 Å². The Labute approximate surface area is 146 Å². The van der Waals surface area contributed by atoms with Crippen molar-refractivity contribution in [3.05, 3.63) is 71.8 Å². The summed E-state index contributed by atoms with van der Waals surface area (Å²) in [7, 11) is 0. The summed E-state index contributed by atoms with van der Waals surface area (Å²) < 4.78 is 0. The standard InChI is InChI=1S/C15H12O2.Sr.2H/c16-14(12-7-3-1-4-8-12)11-15(17)13-9-5-2-6-10-13;;;/h1-10H,11H2;;;/q;+2;2*-1. The van der Waals surface area contributed by atoms with Crippen LogP contribution in [0, 0.1) is 0 Å². The molecule has 0 saturated carbocycles. The van der Waals surface area contributed by atoms with Crippen LogP contribution in [-0.2, 0) is 0 Å². The summed E-state index contributed by atoms with van der Waals surface area (Å²) in [6.07, 6.45) is -0.0754. The van der Waals surface area contributed by atoms with Crippen molar-refractivity contribution in [2.24, 2.45) is 0 Å². The summed E-state index contributed by atoms with van der Waals surface area (Å²) in [4.78, 5) is 23.6. The minimum absolute atomic E-state index is 0. The second kappa shape index (κ2) is 7.64. The van der Waals surface area contributed by atoms with Crippen LogP contribution in [-0.4, -0.2) is 57.0 Å². The number of Topliss-reactive ketones (excluding diaryl/α,β-unsaturated/α-hetero) is 2. The Morgan fingerprint density at radius 2 is 1.06 bits per heavy atom. The molecule has 0 bridgehead atoms. The minimum atomic E-state index is -0.139. The first-order valence-corrected chi connectivity index (χ1v) is 5.44. The van der Waals surface area contributed by atoms with E-state index in [2.05, 4.69) is 0 Å². The molecule has 18 heavy (non-hydrogen) atoms. The summed E-state index contributed by atoms with van der Waals surface area (Å²) >= 11 is 0. The van der Waals surface area contributed by atoms with E-state index in [0.29, 0.717) is 11.1 Å². The molecule has 88 valence electrons. The van der Waals surface area contributed by atoms with E-state index in [9.17, 15) is 9.59 Å². The van der Waals surface area contributed by atoms with Crippen molar-refractivity contribution in [1.29, 1.82) is 0 Å². The van der Waals surface area contributed by atoms with Crippen molar-refractivity contribution in [2.45, 2.75) is 6.42 Å². The van der Waals surface area contributed by atoms with Crippen LogP contribution in [0.25, 0.3) is 0 Å². The molecule has 2 rings (SSSR count). The minimum Gasteiger partial charge on any atom is -1.00 e. The number of benzene rings is 2. The Morgan fingerprint density at radius 1 is 0.722 bits per heavy atom. The van der Waals surface area contributed by atoms with E-state index in [1.165, 1.54) is 0 Å². The predicted molar refractivity (Wildman–Crippen MR) is 74.1 cm³/mol. The Morgan fingerprint density at radius 3 is 1.39 bits per heavy atom. The van der Waals surface area contributed by atoms with Crippen molar-refractivity contribution in [3.63, 3.8) is 0 Å². The third-order valence-corrected chi connectivity index (χ3v) is 2.51. The monoisotopic (exact) mass is 314 g/mol. The number of carbonyl (C=O) groups excluding carboxylic acids is 2. The molecule has 0 spiro atoms. The summed E-state index contributed by atoms with van der Waals surface area (Å²) in [5.41, 5.74) is 1.16. The number of carbonyl (C=O) groups is 2. The molecule has 0 saturated heterocycles. The van der Waals surface area contributed by atoms with Crippen molar-refractivity contribution in [2.75, 3.05) is 0 Å². The van der Waals surface area contributed by atoms with E-state index < -0.39 is 0 Å². The van der Waals surface area contributed by atoms with Crippen LogP contribution in [0.2, 0.25) is 0 Å². The molecule has 0 N–H and O–H groups in total. The topological polar surface area (TPSA) is 34.1 Å². The molecular formula is C15H14O2Sr. The van der Waals surface area contributed by atoms with E-state index in [4.69, 9.17) is 0 Å². The normalized spacial score (nSPS) is 9.33. The molecule has 0 unspecified atom stereocenters. The number of hydrogen-bond acceptors (Lipinski definition) is 2. The molecule has 2 aromatic rings. The molecule has 2 nitrogen and oxygen atoms in total. The van der Waals surface area contributed by atoms with Gasteiger partial charge in [0.1, 0.15) is 0 Å². The van der Waals surface area contributed by atoms with Crippen molar-refractivity contribution < 1.29 is 12.4 Å². The van der Waals surface area contributed by atoms with Gasteiger partial charge in [0, 0.05) is 11.1 Å². The molecule has 0 aliphatic rings. The van der Waals surface area contributed by atoms with Gasteiger partial charge in [0.05, 0.1) is 6.42 Å². The fraction of sp³-hybridized carbons (Fsp3) is 0.0667. The molecule has 0 radical (unpaired) electrons. The van der Waals surface area contributed by atoms with Crippen LogP contribution in [0.15, 0.2) is 60.7 Å². The number of ketones is 2. The Bertz CT molecular complexity index is 481. The Kier molecular flexibility index (Phi) is 6.50. The average Bonchev–Trinajstić information content (AvgIpc) is 2.40. The Balaban J connectivity index is 0. The second-order valence-corrected chi connectivity index (χ2v) is 3.76. The molecule has 0 atom stereocenters. The quantitative estimate of drug-likeness (QED) is 0.494. The van der Waals surface area contributed by atoms with Gasteiger partial charge >= 0.3 is 45.5 Å². The van der Waals surface area contributed by atoms with Gasteiger partial charge in [-0.15, -0.1) is 0 Å². The van der Waals surface area contributed by atoms with E-state index in [0.717, 1.165) is 0 Å². The zero-order valence-corrected chi connectivity index (χ0v) is 13.5. The van der Waals surface area contributed by atoms with E-state index in [-0.39, 0.29) is 66.3 Å². The summed E-state index contributed by atoms with van der Waals surface area (Å²) in [5, 5.41) is 0. The molecule has 0 aliphatic heterocycles. The summed E-state index contributed by atoms with van der Waals surface area (Å²) in [5.74, 6) is -0.279. The zero-order valence-electron chi connectivity index (χ0n) is 12.0. The van der Waals surface area contributed by atoms with Crippen LogP contribution in [0.5, 0.6) is 0 Å². The van der Waals surface area contributed by atoms with Gasteiger partial charge in [-0.1, -0.05) is 60.7 Å². The van der Waals surface area contributed by atoms with Crippen LogP contribution >= 0.6 is 0 Å². The van der Waals surface area contributed by atoms with Gasteiger partial charge < -0.3 is 2.85 Å². The molecule has 0 amide bonds. The maximum absolute atomic E-state index is 11.8. The van der Waals surface area contributed by atoms with Crippen molar-refractivity contribution in [3.8, 4) is 0 Å². The smallest absolute Gasteiger partial charge is 1.00 e. The zero-order chi connectivity index (χ0) is 12.1. The van der Waals surface area contributed by atoms with Gasteiger partial charge in [-0.3, -0.25) is 9.59 Å². The van der Waals surface area contributed by atoms with Crippen molar-refractivity contribution in [1.82, 2.24) is 0 Å². The SMILES string of the molecule is O=C(CC(=O)c1ccccc1)c1ccccc1.[H-].[H-].[Sr+2]. The first-order chi connectivity index (χ1) is 8.27. The molecule has 2 aromatic carbocycles. The van der Waals surface area contributed by atoms with Crippen LogP contribution < -0.4 is 0 Å². The second-order valence-electron chi connectivity index (χ2n) is 3.76.